The molecule has 0 radical (unpaired) electrons. The summed E-state index contributed by atoms with van der Waals surface area (Å²) in [7, 11) is 0. The molecule has 0 saturated carbocycles. The SMILES string of the molecule is Cc1ccc(-c2noc(CCCN3CCN(C(=O)CCc4ccccc4Br)CC3)n2)cc1. The van der Waals surface area contributed by atoms with E-state index in [4.69, 9.17) is 4.52 Å². The molecular formula is C25H29BrN4O2. The Bertz CT molecular complexity index is 1030. The minimum absolute atomic E-state index is 0.245. The van der Waals surface area contributed by atoms with Crippen LogP contribution in [0.5, 0.6) is 0 Å². The van der Waals surface area contributed by atoms with Crippen LogP contribution in [0.15, 0.2) is 57.5 Å². The normalized spacial score (nSPS) is 14.6. The summed E-state index contributed by atoms with van der Waals surface area (Å²) in [5.74, 6) is 1.58. The molecule has 1 aliphatic heterocycles. The molecule has 0 spiro atoms. The monoisotopic (exact) mass is 496 g/mol. The Morgan fingerprint density at radius 3 is 2.53 bits per heavy atom. The molecule has 0 atom stereocenters. The van der Waals surface area contributed by atoms with Crippen LogP contribution in [0.25, 0.3) is 11.4 Å². The fraction of sp³-hybridized carbons (Fsp3) is 0.400. The van der Waals surface area contributed by atoms with Crippen molar-refractivity contribution in [2.75, 3.05) is 32.7 Å². The zero-order valence-corrected chi connectivity index (χ0v) is 20.1. The van der Waals surface area contributed by atoms with Gasteiger partial charge in [-0.25, -0.2) is 0 Å². The Kier molecular flexibility index (Phi) is 7.71. The highest BCUT2D eigenvalue weighted by atomic mass is 79.9. The first kappa shape index (κ1) is 22.7. The number of carbonyl (C=O) groups excluding carboxylic acids is 1. The third-order valence-corrected chi connectivity index (χ3v) is 6.71. The van der Waals surface area contributed by atoms with Crippen LogP contribution in [-0.2, 0) is 17.6 Å². The molecule has 0 bridgehead atoms. The van der Waals surface area contributed by atoms with Gasteiger partial charge in [0, 0.05) is 49.1 Å². The summed E-state index contributed by atoms with van der Waals surface area (Å²) in [5.41, 5.74) is 3.38. The number of carbonyl (C=O) groups is 1. The van der Waals surface area contributed by atoms with E-state index >= 15 is 0 Å². The van der Waals surface area contributed by atoms with Crippen molar-refractivity contribution in [2.24, 2.45) is 0 Å². The van der Waals surface area contributed by atoms with Crippen LogP contribution < -0.4 is 0 Å². The average molecular weight is 497 g/mol. The second-order valence-electron chi connectivity index (χ2n) is 8.30. The van der Waals surface area contributed by atoms with Gasteiger partial charge in [-0.1, -0.05) is 69.1 Å². The maximum atomic E-state index is 12.6. The van der Waals surface area contributed by atoms with Gasteiger partial charge in [0.05, 0.1) is 0 Å². The van der Waals surface area contributed by atoms with E-state index in [1.807, 2.05) is 35.2 Å². The average Bonchev–Trinajstić information content (AvgIpc) is 3.28. The molecule has 3 aromatic rings. The first-order valence-corrected chi connectivity index (χ1v) is 12.0. The lowest BCUT2D eigenvalue weighted by molar-refractivity contribution is -0.132. The molecule has 168 valence electrons. The second-order valence-corrected chi connectivity index (χ2v) is 9.15. The Balaban J connectivity index is 1.16. The molecular weight excluding hydrogens is 468 g/mol. The largest absolute Gasteiger partial charge is 0.340 e. The summed E-state index contributed by atoms with van der Waals surface area (Å²) in [6.45, 7) is 6.46. The van der Waals surface area contributed by atoms with Crippen molar-refractivity contribution in [3.05, 3.63) is 70.0 Å². The van der Waals surface area contributed by atoms with Crippen LogP contribution in [0, 0.1) is 6.92 Å². The van der Waals surface area contributed by atoms with Gasteiger partial charge in [0.2, 0.25) is 17.6 Å². The van der Waals surface area contributed by atoms with E-state index in [-0.39, 0.29) is 5.91 Å². The van der Waals surface area contributed by atoms with Gasteiger partial charge in [-0.15, -0.1) is 0 Å². The summed E-state index contributed by atoms with van der Waals surface area (Å²) in [6.07, 6.45) is 3.06. The summed E-state index contributed by atoms with van der Waals surface area (Å²) in [6, 6.07) is 16.2. The van der Waals surface area contributed by atoms with Crippen molar-refractivity contribution in [3.8, 4) is 11.4 Å². The minimum Gasteiger partial charge on any atom is -0.340 e. The molecule has 1 amide bonds. The van der Waals surface area contributed by atoms with Gasteiger partial charge >= 0.3 is 0 Å². The number of piperazine rings is 1. The molecule has 1 aliphatic rings. The first-order valence-electron chi connectivity index (χ1n) is 11.2. The van der Waals surface area contributed by atoms with Gasteiger partial charge in [-0.05, 0) is 37.9 Å². The number of rotatable bonds is 8. The number of aryl methyl sites for hydroxylation is 3. The van der Waals surface area contributed by atoms with Crippen molar-refractivity contribution < 1.29 is 9.32 Å². The third-order valence-electron chi connectivity index (χ3n) is 5.93. The number of hydrogen-bond donors (Lipinski definition) is 0. The van der Waals surface area contributed by atoms with Gasteiger partial charge in [-0.2, -0.15) is 4.98 Å². The number of halogens is 1. The van der Waals surface area contributed by atoms with Crippen molar-refractivity contribution in [3.63, 3.8) is 0 Å². The minimum atomic E-state index is 0.245. The Labute approximate surface area is 197 Å². The summed E-state index contributed by atoms with van der Waals surface area (Å²) in [4.78, 5) is 21.5. The number of aromatic nitrogens is 2. The van der Waals surface area contributed by atoms with Crippen LogP contribution in [0.3, 0.4) is 0 Å². The van der Waals surface area contributed by atoms with Gasteiger partial charge in [0.25, 0.3) is 0 Å². The zero-order chi connectivity index (χ0) is 22.3. The predicted molar refractivity (Wildman–Crippen MR) is 128 cm³/mol. The molecule has 0 aliphatic carbocycles. The smallest absolute Gasteiger partial charge is 0.227 e. The highest BCUT2D eigenvalue weighted by Gasteiger charge is 2.21. The van der Waals surface area contributed by atoms with E-state index in [0.717, 1.165) is 62.0 Å². The van der Waals surface area contributed by atoms with Gasteiger partial charge in [0.1, 0.15) is 0 Å². The molecule has 1 aromatic heterocycles. The van der Waals surface area contributed by atoms with E-state index in [1.54, 1.807) is 0 Å². The maximum absolute atomic E-state index is 12.6. The highest BCUT2D eigenvalue weighted by Crippen LogP contribution is 2.19. The van der Waals surface area contributed by atoms with Crippen LogP contribution in [0.1, 0.15) is 29.9 Å². The highest BCUT2D eigenvalue weighted by molar-refractivity contribution is 9.10. The second kappa shape index (κ2) is 10.9. The zero-order valence-electron chi connectivity index (χ0n) is 18.5. The van der Waals surface area contributed by atoms with Gasteiger partial charge in [-0.3, -0.25) is 9.69 Å². The van der Waals surface area contributed by atoms with E-state index in [1.165, 1.54) is 11.1 Å². The molecule has 0 N–H and O–H groups in total. The van der Waals surface area contributed by atoms with E-state index in [9.17, 15) is 4.79 Å². The Morgan fingerprint density at radius 1 is 1.03 bits per heavy atom. The van der Waals surface area contributed by atoms with Crippen molar-refractivity contribution in [2.45, 2.75) is 32.6 Å². The first-order chi connectivity index (χ1) is 15.6. The van der Waals surface area contributed by atoms with Crippen LogP contribution in [0.4, 0.5) is 0 Å². The van der Waals surface area contributed by atoms with E-state index in [0.29, 0.717) is 18.1 Å². The molecule has 2 heterocycles. The lowest BCUT2D eigenvalue weighted by Gasteiger charge is -2.34. The topological polar surface area (TPSA) is 62.5 Å². The Morgan fingerprint density at radius 2 is 1.78 bits per heavy atom. The van der Waals surface area contributed by atoms with E-state index in [2.05, 4.69) is 56.1 Å². The molecule has 4 rings (SSSR count). The molecule has 7 heteroatoms. The number of nitrogens with zero attached hydrogens (tertiary/aromatic N) is 4. The molecule has 2 aromatic carbocycles. The van der Waals surface area contributed by atoms with Gasteiger partial charge < -0.3 is 9.42 Å². The van der Waals surface area contributed by atoms with Gasteiger partial charge in [0.15, 0.2) is 0 Å². The molecule has 6 nitrogen and oxygen atoms in total. The molecule has 1 fully saturated rings. The Hall–Kier alpha value is -2.51. The van der Waals surface area contributed by atoms with Crippen LogP contribution >= 0.6 is 15.9 Å². The van der Waals surface area contributed by atoms with Crippen LogP contribution in [0.2, 0.25) is 0 Å². The molecule has 32 heavy (non-hydrogen) atoms. The number of hydrogen-bond acceptors (Lipinski definition) is 5. The van der Waals surface area contributed by atoms with Crippen LogP contribution in [-0.4, -0.2) is 58.6 Å². The van der Waals surface area contributed by atoms with Crippen molar-refractivity contribution >= 4 is 21.8 Å². The quantitative estimate of drug-likeness (QED) is 0.458. The summed E-state index contributed by atoms with van der Waals surface area (Å²) >= 11 is 3.56. The lowest BCUT2D eigenvalue weighted by atomic mass is 10.1. The van der Waals surface area contributed by atoms with E-state index < -0.39 is 0 Å². The fourth-order valence-corrected chi connectivity index (χ4v) is 4.43. The molecule has 0 unspecified atom stereocenters. The van der Waals surface area contributed by atoms with Crippen molar-refractivity contribution in [1.29, 1.82) is 0 Å². The maximum Gasteiger partial charge on any atom is 0.227 e. The number of benzene rings is 2. The van der Waals surface area contributed by atoms with Crippen molar-refractivity contribution in [1.82, 2.24) is 19.9 Å². The molecule has 1 saturated heterocycles. The summed E-state index contributed by atoms with van der Waals surface area (Å²) in [5, 5.41) is 4.11. The third kappa shape index (κ3) is 6.04. The summed E-state index contributed by atoms with van der Waals surface area (Å²) < 4.78 is 6.50. The fourth-order valence-electron chi connectivity index (χ4n) is 3.95. The standard InChI is InChI=1S/C25H29BrN4O2/c1-19-8-10-21(11-9-19)25-27-23(32-28-25)7-4-14-29-15-17-30(18-16-29)24(31)13-12-20-5-2-3-6-22(20)26/h2-3,5-6,8-11H,4,7,12-18H2,1H3. The number of amides is 1. The lowest BCUT2D eigenvalue weighted by Crippen LogP contribution is -2.48. The predicted octanol–water partition coefficient (Wildman–Crippen LogP) is 4.52.